The Kier molecular flexibility index (Phi) is 4.23. The summed E-state index contributed by atoms with van der Waals surface area (Å²) in [5.74, 6) is 2.57. The molecule has 0 bridgehead atoms. The Morgan fingerprint density at radius 3 is 2.74 bits per heavy atom. The van der Waals surface area contributed by atoms with Crippen molar-refractivity contribution in [3.05, 3.63) is 28.7 Å². The number of thioether (sulfide) groups is 1. The Morgan fingerprint density at radius 2 is 2.05 bits per heavy atom. The average Bonchev–Trinajstić information content (AvgIpc) is 2.93. The van der Waals surface area contributed by atoms with Gasteiger partial charge in [-0.15, -0.1) is 0 Å². The van der Waals surface area contributed by atoms with Crippen LogP contribution >= 0.6 is 11.8 Å². The number of nitrogens with one attached hydrogen (secondary N) is 1. The van der Waals surface area contributed by atoms with Crippen LogP contribution in [0, 0.1) is 0 Å². The summed E-state index contributed by atoms with van der Waals surface area (Å²) in [4.78, 5) is 11.8. The van der Waals surface area contributed by atoms with Crippen molar-refractivity contribution in [1.82, 2.24) is 15.1 Å². The Morgan fingerprint density at radius 1 is 1.21 bits per heavy atom. The lowest BCUT2D eigenvalue weighted by atomic mass is 9.90. The first kappa shape index (κ1) is 13.2. The zero-order chi connectivity index (χ0) is 13.1. The van der Waals surface area contributed by atoms with Gasteiger partial charge in [-0.3, -0.25) is 4.79 Å². The van der Waals surface area contributed by atoms with Crippen LogP contribution in [0.4, 0.5) is 0 Å². The Labute approximate surface area is 118 Å². The third kappa shape index (κ3) is 3.20. The van der Waals surface area contributed by atoms with E-state index in [1.165, 1.54) is 17.9 Å². The van der Waals surface area contributed by atoms with Gasteiger partial charge in [0.25, 0.3) is 5.56 Å². The number of hydrogen-bond donors (Lipinski definition) is 1. The highest BCUT2D eigenvalue weighted by Gasteiger charge is 2.26. The monoisotopic (exact) mass is 279 g/mol. The zero-order valence-electron chi connectivity index (χ0n) is 11.1. The molecule has 1 N–H and O–H groups in total. The molecule has 1 saturated heterocycles. The minimum atomic E-state index is 0.0334. The van der Waals surface area contributed by atoms with Crippen LogP contribution in [0.1, 0.15) is 38.1 Å². The summed E-state index contributed by atoms with van der Waals surface area (Å²) in [6, 6.07) is 4.96. The van der Waals surface area contributed by atoms with E-state index in [9.17, 15) is 4.79 Å². The second kappa shape index (κ2) is 6.09. The molecule has 3 rings (SSSR count). The van der Waals surface area contributed by atoms with E-state index < -0.39 is 0 Å². The molecule has 1 unspecified atom stereocenters. The fourth-order valence-electron chi connectivity index (χ4n) is 3.13. The average molecular weight is 279 g/mol. The lowest BCUT2D eigenvalue weighted by Crippen LogP contribution is -2.41. The van der Waals surface area contributed by atoms with Crippen LogP contribution in [0.15, 0.2) is 23.1 Å². The highest BCUT2D eigenvalue weighted by atomic mass is 32.2. The molecule has 0 spiro atoms. The summed E-state index contributed by atoms with van der Waals surface area (Å²) >= 11 is 2.05. The van der Waals surface area contributed by atoms with Crippen molar-refractivity contribution in [2.75, 3.05) is 11.5 Å². The zero-order valence-corrected chi connectivity index (χ0v) is 11.9. The highest BCUT2D eigenvalue weighted by molar-refractivity contribution is 7.99. The van der Waals surface area contributed by atoms with Crippen molar-refractivity contribution >= 4 is 11.8 Å². The number of aromatic nitrogens is 2. The van der Waals surface area contributed by atoms with Crippen LogP contribution in [0.3, 0.4) is 0 Å². The lowest BCUT2D eigenvalue weighted by molar-refractivity contribution is 0.259. The van der Waals surface area contributed by atoms with Gasteiger partial charge in [-0.1, -0.05) is 0 Å². The molecule has 4 nitrogen and oxygen atoms in total. The van der Waals surface area contributed by atoms with E-state index in [1.807, 2.05) is 0 Å². The van der Waals surface area contributed by atoms with Crippen molar-refractivity contribution in [2.24, 2.45) is 0 Å². The Bertz CT molecular complexity index is 462. The van der Waals surface area contributed by atoms with Gasteiger partial charge in [0.2, 0.25) is 0 Å². The van der Waals surface area contributed by atoms with Crippen LogP contribution in [-0.4, -0.2) is 33.4 Å². The van der Waals surface area contributed by atoms with Crippen LogP contribution in [0.25, 0.3) is 0 Å². The van der Waals surface area contributed by atoms with Gasteiger partial charge in [0, 0.05) is 30.1 Å². The molecular formula is C14H21N3OS. The van der Waals surface area contributed by atoms with E-state index in [2.05, 4.69) is 22.2 Å². The summed E-state index contributed by atoms with van der Waals surface area (Å²) in [6.07, 6.45) is 7.47. The summed E-state index contributed by atoms with van der Waals surface area (Å²) in [5.41, 5.74) is 0.0334. The SMILES string of the molecule is O=c1cccnn1C1CCC(NC2CCSC2)CC1. The van der Waals surface area contributed by atoms with Gasteiger partial charge in [0.1, 0.15) is 0 Å². The molecule has 1 saturated carbocycles. The highest BCUT2D eigenvalue weighted by Crippen LogP contribution is 2.28. The van der Waals surface area contributed by atoms with Crippen LogP contribution < -0.4 is 10.9 Å². The summed E-state index contributed by atoms with van der Waals surface area (Å²) in [6.45, 7) is 0. The maximum absolute atomic E-state index is 11.8. The van der Waals surface area contributed by atoms with Gasteiger partial charge in [-0.05, 0) is 43.9 Å². The van der Waals surface area contributed by atoms with E-state index >= 15 is 0 Å². The number of hydrogen-bond acceptors (Lipinski definition) is 4. The van der Waals surface area contributed by atoms with Crippen molar-refractivity contribution in [1.29, 1.82) is 0 Å². The quantitative estimate of drug-likeness (QED) is 0.917. The normalized spacial score (nSPS) is 31.5. The van der Waals surface area contributed by atoms with Crippen molar-refractivity contribution in [3.8, 4) is 0 Å². The molecule has 2 aliphatic rings. The van der Waals surface area contributed by atoms with Gasteiger partial charge < -0.3 is 5.32 Å². The van der Waals surface area contributed by atoms with E-state index in [1.54, 1.807) is 23.0 Å². The minimum absolute atomic E-state index is 0.0334. The molecule has 2 fully saturated rings. The standard InChI is InChI=1S/C14H21N3OS/c18-14-2-1-8-15-17(14)13-5-3-11(4-6-13)16-12-7-9-19-10-12/h1-2,8,11-13,16H,3-7,9-10H2. The Balaban J connectivity index is 1.54. The maximum Gasteiger partial charge on any atom is 0.266 e. The molecule has 1 aromatic rings. The van der Waals surface area contributed by atoms with Crippen molar-refractivity contribution < 1.29 is 0 Å². The Hall–Kier alpha value is -0.810. The summed E-state index contributed by atoms with van der Waals surface area (Å²) < 4.78 is 1.67. The fourth-order valence-corrected chi connectivity index (χ4v) is 4.29. The molecular weight excluding hydrogens is 258 g/mol. The first-order chi connectivity index (χ1) is 9.33. The van der Waals surface area contributed by atoms with E-state index in [-0.39, 0.29) is 5.56 Å². The molecule has 1 aromatic heterocycles. The molecule has 1 aliphatic carbocycles. The molecule has 2 heterocycles. The summed E-state index contributed by atoms with van der Waals surface area (Å²) in [5, 5.41) is 7.99. The van der Waals surface area contributed by atoms with Crippen molar-refractivity contribution in [3.63, 3.8) is 0 Å². The lowest BCUT2D eigenvalue weighted by Gasteiger charge is -2.31. The van der Waals surface area contributed by atoms with Crippen LogP contribution in [0.2, 0.25) is 0 Å². The van der Waals surface area contributed by atoms with Gasteiger partial charge in [-0.25, -0.2) is 4.68 Å². The van der Waals surface area contributed by atoms with Crippen molar-refractivity contribution in [2.45, 2.75) is 50.2 Å². The van der Waals surface area contributed by atoms with Crippen LogP contribution in [-0.2, 0) is 0 Å². The van der Waals surface area contributed by atoms with Gasteiger partial charge in [0.15, 0.2) is 0 Å². The second-order valence-corrected chi connectivity index (χ2v) is 6.69. The van der Waals surface area contributed by atoms with Gasteiger partial charge in [0.05, 0.1) is 6.04 Å². The molecule has 19 heavy (non-hydrogen) atoms. The molecule has 0 aromatic carbocycles. The molecule has 1 aliphatic heterocycles. The number of rotatable bonds is 3. The molecule has 104 valence electrons. The van der Waals surface area contributed by atoms with E-state index in [0.29, 0.717) is 18.1 Å². The largest absolute Gasteiger partial charge is 0.310 e. The fraction of sp³-hybridized carbons (Fsp3) is 0.714. The van der Waals surface area contributed by atoms with E-state index in [4.69, 9.17) is 0 Å². The third-order valence-electron chi connectivity index (χ3n) is 4.19. The molecule has 5 heteroatoms. The van der Waals surface area contributed by atoms with Gasteiger partial charge >= 0.3 is 0 Å². The predicted molar refractivity (Wildman–Crippen MR) is 78.7 cm³/mol. The predicted octanol–water partition coefficient (Wildman–Crippen LogP) is 1.82. The third-order valence-corrected chi connectivity index (χ3v) is 5.35. The molecule has 0 radical (unpaired) electrons. The van der Waals surface area contributed by atoms with Crippen LogP contribution in [0.5, 0.6) is 0 Å². The van der Waals surface area contributed by atoms with E-state index in [0.717, 1.165) is 25.7 Å². The molecule has 1 atom stereocenters. The summed E-state index contributed by atoms with van der Waals surface area (Å²) in [7, 11) is 0. The second-order valence-electron chi connectivity index (χ2n) is 5.54. The first-order valence-corrected chi connectivity index (χ1v) is 8.36. The first-order valence-electron chi connectivity index (χ1n) is 7.20. The minimum Gasteiger partial charge on any atom is -0.310 e. The topological polar surface area (TPSA) is 46.9 Å². The number of nitrogens with zero attached hydrogens (tertiary/aromatic N) is 2. The van der Waals surface area contributed by atoms with Gasteiger partial charge in [-0.2, -0.15) is 16.9 Å². The smallest absolute Gasteiger partial charge is 0.266 e. The maximum atomic E-state index is 11.8. The molecule has 0 amide bonds.